The van der Waals surface area contributed by atoms with Crippen LogP contribution in [0.3, 0.4) is 0 Å². The van der Waals surface area contributed by atoms with E-state index in [2.05, 4.69) is 45.2 Å². The molecular formula is C15H23NS. The van der Waals surface area contributed by atoms with Crippen molar-refractivity contribution in [1.29, 1.82) is 0 Å². The van der Waals surface area contributed by atoms with Gasteiger partial charge in [0.25, 0.3) is 0 Å². The summed E-state index contributed by atoms with van der Waals surface area (Å²) in [6.07, 6.45) is 5.11. The van der Waals surface area contributed by atoms with Crippen molar-refractivity contribution in [2.75, 3.05) is 6.54 Å². The number of thiophene rings is 1. The molecule has 0 unspecified atom stereocenters. The molecule has 1 saturated carbocycles. The summed E-state index contributed by atoms with van der Waals surface area (Å²) in [6, 6.07) is 3.10. The van der Waals surface area contributed by atoms with Crippen molar-refractivity contribution >= 4 is 17.4 Å². The van der Waals surface area contributed by atoms with Crippen LogP contribution in [0.4, 0.5) is 0 Å². The van der Waals surface area contributed by atoms with Gasteiger partial charge in [0.15, 0.2) is 0 Å². The molecule has 1 nitrogen and oxygen atoms in total. The van der Waals surface area contributed by atoms with E-state index < -0.39 is 0 Å². The van der Waals surface area contributed by atoms with Crippen molar-refractivity contribution in [2.45, 2.75) is 46.6 Å². The van der Waals surface area contributed by atoms with Gasteiger partial charge in [-0.1, -0.05) is 25.5 Å². The fourth-order valence-corrected chi connectivity index (χ4v) is 2.87. The Hall–Kier alpha value is -0.600. The number of aryl methyl sites for hydroxylation is 2. The zero-order valence-electron chi connectivity index (χ0n) is 11.3. The maximum atomic E-state index is 3.62. The summed E-state index contributed by atoms with van der Waals surface area (Å²) in [4.78, 5) is 2.85. The Labute approximate surface area is 109 Å². The third kappa shape index (κ3) is 3.68. The third-order valence-electron chi connectivity index (χ3n) is 3.33. The Morgan fingerprint density at radius 3 is 2.65 bits per heavy atom. The molecular weight excluding hydrogens is 226 g/mol. The van der Waals surface area contributed by atoms with Gasteiger partial charge in [0.2, 0.25) is 0 Å². The van der Waals surface area contributed by atoms with Gasteiger partial charge in [0.05, 0.1) is 0 Å². The lowest BCUT2D eigenvalue weighted by Gasteiger charge is -2.12. The average molecular weight is 249 g/mol. The molecule has 17 heavy (non-hydrogen) atoms. The van der Waals surface area contributed by atoms with Crippen molar-refractivity contribution < 1.29 is 0 Å². The Morgan fingerprint density at radius 1 is 1.47 bits per heavy atom. The molecule has 0 radical (unpaired) electrons. The molecule has 0 aromatic carbocycles. The van der Waals surface area contributed by atoms with Crippen LogP contribution >= 0.6 is 11.3 Å². The molecule has 0 amide bonds. The molecule has 1 aromatic rings. The van der Waals surface area contributed by atoms with Gasteiger partial charge in [-0.15, -0.1) is 11.3 Å². The molecule has 2 rings (SSSR count). The van der Waals surface area contributed by atoms with E-state index in [0.717, 1.165) is 12.6 Å². The monoisotopic (exact) mass is 249 g/mol. The number of rotatable bonds is 5. The molecule has 1 heterocycles. The van der Waals surface area contributed by atoms with Crippen LogP contribution in [0.15, 0.2) is 11.6 Å². The number of hydrogen-bond donors (Lipinski definition) is 1. The maximum absolute atomic E-state index is 3.62. The largest absolute Gasteiger partial charge is 0.310 e. The van der Waals surface area contributed by atoms with Crippen molar-refractivity contribution in [2.24, 2.45) is 5.92 Å². The summed E-state index contributed by atoms with van der Waals surface area (Å²) in [5, 5.41) is 3.62. The van der Waals surface area contributed by atoms with Crippen molar-refractivity contribution in [3.63, 3.8) is 0 Å². The minimum atomic E-state index is 0.626. The van der Waals surface area contributed by atoms with Crippen molar-refractivity contribution in [1.82, 2.24) is 5.32 Å². The van der Waals surface area contributed by atoms with Gasteiger partial charge in [-0.2, -0.15) is 0 Å². The standard InChI is InChI=1S/C15H23NS/c1-10(2)14(9-16-15-5-6-15)8-13-7-11(3)17-12(13)4/h7-8,10,15-16H,5-6,9H2,1-4H3. The van der Waals surface area contributed by atoms with E-state index in [0.29, 0.717) is 5.92 Å². The predicted molar refractivity (Wildman–Crippen MR) is 77.6 cm³/mol. The van der Waals surface area contributed by atoms with E-state index in [9.17, 15) is 0 Å². The molecule has 2 heteroatoms. The Bertz CT molecular complexity index is 411. The summed E-state index contributed by atoms with van der Waals surface area (Å²) < 4.78 is 0. The molecule has 1 fully saturated rings. The van der Waals surface area contributed by atoms with Crippen LogP contribution in [0.25, 0.3) is 6.08 Å². The van der Waals surface area contributed by atoms with Gasteiger partial charge in [-0.05, 0) is 44.2 Å². The number of nitrogens with one attached hydrogen (secondary N) is 1. The summed E-state index contributed by atoms with van der Waals surface area (Å²) in [5.41, 5.74) is 2.94. The first-order chi connectivity index (χ1) is 8.06. The molecule has 1 aromatic heterocycles. The highest BCUT2D eigenvalue weighted by molar-refractivity contribution is 7.12. The lowest BCUT2D eigenvalue weighted by atomic mass is 10.0. The van der Waals surface area contributed by atoms with Crippen molar-refractivity contribution in [3.8, 4) is 0 Å². The van der Waals surface area contributed by atoms with Crippen LogP contribution in [-0.4, -0.2) is 12.6 Å². The summed E-state index contributed by atoms with van der Waals surface area (Å²) >= 11 is 1.89. The average Bonchev–Trinajstić information content (AvgIpc) is 3.00. The molecule has 94 valence electrons. The van der Waals surface area contributed by atoms with Gasteiger partial charge >= 0.3 is 0 Å². The topological polar surface area (TPSA) is 12.0 Å². The Balaban J connectivity index is 2.10. The highest BCUT2D eigenvalue weighted by Gasteiger charge is 2.20. The molecule has 0 bridgehead atoms. The van der Waals surface area contributed by atoms with Crippen molar-refractivity contribution in [3.05, 3.63) is 27.0 Å². The molecule has 0 atom stereocenters. The lowest BCUT2D eigenvalue weighted by Crippen LogP contribution is -2.21. The highest BCUT2D eigenvalue weighted by atomic mass is 32.1. The summed E-state index contributed by atoms with van der Waals surface area (Å²) in [7, 11) is 0. The maximum Gasteiger partial charge on any atom is 0.0173 e. The Kier molecular flexibility index (Phi) is 4.05. The smallest absolute Gasteiger partial charge is 0.0173 e. The lowest BCUT2D eigenvalue weighted by molar-refractivity contribution is 0.662. The first-order valence-electron chi connectivity index (χ1n) is 6.57. The van der Waals surface area contributed by atoms with E-state index in [1.54, 1.807) is 0 Å². The predicted octanol–water partition coefficient (Wildman–Crippen LogP) is 4.16. The molecule has 0 saturated heterocycles. The van der Waals surface area contributed by atoms with Crippen LogP contribution in [0, 0.1) is 19.8 Å². The minimum Gasteiger partial charge on any atom is -0.310 e. The van der Waals surface area contributed by atoms with Crippen LogP contribution in [0.2, 0.25) is 0 Å². The van der Waals surface area contributed by atoms with Gasteiger partial charge in [0, 0.05) is 22.3 Å². The zero-order valence-corrected chi connectivity index (χ0v) is 12.2. The van der Waals surface area contributed by atoms with Crippen LogP contribution < -0.4 is 5.32 Å². The van der Waals surface area contributed by atoms with Crippen LogP contribution in [0.5, 0.6) is 0 Å². The van der Waals surface area contributed by atoms with Gasteiger partial charge < -0.3 is 5.32 Å². The SMILES string of the molecule is Cc1cc(C=C(CNC2CC2)C(C)C)c(C)s1. The normalized spacial score (nSPS) is 16.9. The second kappa shape index (κ2) is 5.36. The highest BCUT2D eigenvalue weighted by Crippen LogP contribution is 2.25. The quantitative estimate of drug-likeness (QED) is 0.826. The van der Waals surface area contributed by atoms with Crippen LogP contribution in [-0.2, 0) is 0 Å². The van der Waals surface area contributed by atoms with E-state index in [1.165, 1.54) is 33.7 Å². The molecule has 1 aliphatic carbocycles. The minimum absolute atomic E-state index is 0.626. The molecule has 0 aliphatic heterocycles. The third-order valence-corrected chi connectivity index (χ3v) is 4.32. The first-order valence-corrected chi connectivity index (χ1v) is 7.39. The van der Waals surface area contributed by atoms with Crippen LogP contribution in [0.1, 0.15) is 42.0 Å². The van der Waals surface area contributed by atoms with E-state index >= 15 is 0 Å². The van der Waals surface area contributed by atoms with E-state index in [4.69, 9.17) is 0 Å². The van der Waals surface area contributed by atoms with E-state index in [-0.39, 0.29) is 0 Å². The summed E-state index contributed by atoms with van der Waals surface area (Å²) in [6.45, 7) is 10.0. The molecule has 1 N–H and O–H groups in total. The number of hydrogen-bond acceptors (Lipinski definition) is 2. The fraction of sp³-hybridized carbons (Fsp3) is 0.600. The first kappa shape index (κ1) is 12.8. The van der Waals surface area contributed by atoms with Gasteiger partial charge in [0.1, 0.15) is 0 Å². The molecule has 1 aliphatic rings. The molecule has 0 spiro atoms. The fourth-order valence-electron chi connectivity index (χ4n) is 1.96. The van der Waals surface area contributed by atoms with Gasteiger partial charge in [-0.25, -0.2) is 0 Å². The van der Waals surface area contributed by atoms with Gasteiger partial charge in [-0.3, -0.25) is 0 Å². The Morgan fingerprint density at radius 2 is 2.18 bits per heavy atom. The summed E-state index contributed by atoms with van der Waals surface area (Å²) in [5.74, 6) is 0.626. The zero-order chi connectivity index (χ0) is 12.4. The second-order valence-corrected chi connectivity index (χ2v) is 6.86. The second-order valence-electron chi connectivity index (χ2n) is 5.40. The van der Waals surface area contributed by atoms with E-state index in [1.807, 2.05) is 11.3 Å².